The standard InChI is InChI=1S/C18H21N3O2S/c1-12-16(13-6-9-21(12)10-7-13)20-17(22)14-2-4-15(5-3-14)23-18-19-8-11-24-18/h2-5,8,11-13,16H,6-7,9-10H2,1H3,(H,20,22)/t12-,16-/m0/s1. The van der Waals surface area contributed by atoms with Gasteiger partial charge in [0, 0.05) is 29.2 Å². The number of benzene rings is 1. The normalized spacial score (nSPS) is 28.5. The van der Waals surface area contributed by atoms with E-state index in [1.165, 1.54) is 37.3 Å². The highest BCUT2D eigenvalue weighted by atomic mass is 32.1. The number of carbonyl (C=O) groups excluding carboxylic acids is 1. The minimum Gasteiger partial charge on any atom is -0.431 e. The number of piperidine rings is 3. The largest absolute Gasteiger partial charge is 0.431 e. The van der Waals surface area contributed by atoms with E-state index in [0.717, 1.165) is 0 Å². The molecule has 0 spiro atoms. The topological polar surface area (TPSA) is 54.5 Å². The number of rotatable bonds is 4. The van der Waals surface area contributed by atoms with Crippen LogP contribution in [0.3, 0.4) is 0 Å². The average molecular weight is 343 g/mol. The summed E-state index contributed by atoms with van der Waals surface area (Å²) in [4.78, 5) is 19.2. The summed E-state index contributed by atoms with van der Waals surface area (Å²) in [6, 6.07) is 7.93. The van der Waals surface area contributed by atoms with E-state index in [2.05, 4.69) is 22.1 Å². The Morgan fingerprint density at radius 2 is 2.04 bits per heavy atom. The molecule has 3 aliphatic rings. The molecule has 3 saturated heterocycles. The zero-order valence-electron chi connectivity index (χ0n) is 13.6. The number of nitrogens with one attached hydrogen (secondary N) is 1. The molecule has 3 fully saturated rings. The third-order valence-corrected chi connectivity index (χ3v) is 5.86. The van der Waals surface area contributed by atoms with Crippen molar-refractivity contribution in [2.75, 3.05) is 13.1 Å². The fraction of sp³-hybridized carbons (Fsp3) is 0.444. The number of amides is 1. The SMILES string of the molecule is C[C@H]1[C@H](NC(=O)c2ccc(Oc3nccs3)cc2)C2CCN1CC2. The second kappa shape index (κ2) is 6.53. The predicted octanol–water partition coefficient (Wildman–Crippen LogP) is 3.15. The molecule has 0 radical (unpaired) electrons. The van der Waals surface area contributed by atoms with Gasteiger partial charge < -0.3 is 10.1 Å². The summed E-state index contributed by atoms with van der Waals surface area (Å²) in [5, 5.41) is 5.72. The van der Waals surface area contributed by atoms with Gasteiger partial charge in [0.05, 0.1) is 0 Å². The maximum atomic E-state index is 12.6. The van der Waals surface area contributed by atoms with E-state index in [0.29, 0.717) is 28.5 Å². The first-order valence-electron chi connectivity index (χ1n) is 8.43. The summed E-state index contributed by atoms with van der Waals surface area (Å²) in [7, 11) is 0. The van der Waals surface area contributed by atoms with Gasteiger partial charge in [-0.2, -0.15) is 0 Å². The lowest BCUT2D eigenvalue weighted by Gasteiger charge is -2.49. The molecule has 126 valence electrons. The highest BCUT2D eigenvalue weighted by Gasteiger charge is 2.40. The van der Waals surface area contributed by atoms with E-state index in [9.17, 15) is 4.79 Å². The van der Waals surface area contributed by atoms with Gasteiger partial charge in [-0.05, 0) is 63.0 Å². The highest BCUT2D eigenvalue weighted by Crippen LogP contribution is 2.32. The summed E-state index contributed by atoms with van der Waals surface area (Å²) in [6.07, 6.45) is 4.09. The average Bonchev–Trinajstić information content (AvgIpc) is 3.12. The van der Waals surface area contributed by atoms with Gasteiger partial charge in [-0.15, -0.1) is 0 Å². The van der Waals surface area contributed by atoms with Crippen LogP contribution in [0.15, 0.2) is 35.8 Å². The van der Waals surface area contributed by atoms with Gasteiger partial charge in [0.15, 0.2) is 0 Å². The monoisotopic (exact) mass is 343 g/mol. The lowest BCUT2D eigenvalue weighted by molar-refractivity contribution is 0.0217. The molecule has 0 aliphatic carbocycles. The van der Waals surface area contributed by atoms with Gasteiger partial charge >= 0.3 is 0 Å². The first kappa shape index (κ1) is 15.6. The minimum absolute atomic E-state index is 0.00130. The molecular formula is C18H21N3O2S. The fourth-order valence-corrected chi connectivity index (χ4v) is 4.32. The van der Waals surface area contributed by atoms with Crippen LogP contribution in [0.2, 0.25) is 0 Å². The number of carbonyl (C=O) groups is 1. The summed E-state index contributed by atoms with van der Waals surface area (Å²) in [6.45, 7) is 4.56. The zero-order valence-corrected chi connectivity index (χ0v) is 14.5. The van der Waals surface area contributed by atoms with Crippen molar-refractivity contribution in [2.45, 2.75) is 31.8 Å². The molecular weight excluding hydrogens is 322 g/mol. The van der Waals surface area contributed by atoms with E-state index in [4.69, 9.17) is 4.74 Å². The Bertz CT molecular complexity index is 692. The summed E-state index contributed by atoms with van der Waals surface area (Å²) < 4.78 is 5.63. The molecule has 2 bridgehead atoms. The van der Waals surface area contributed by atoms with Crippen LogP contribution in [-0.2, 0) is 0 Å². The number of hydrogen-bond acceptors (Lipinski definition) is 5. The second-order valence-corrected chi connectivity index (χ2v) is 7.39. The van der Waals surface area contributed by atoms with Crippen LogP contribution >= 0.6 is 11.3 Å². The molecule has 3 aliphatic heterocycles. The Kier molecular flexibility index (Phi) is 4.24. The van der Waals surface area contributed by atoms with Gasteiger partial charge in [-0.25, -0.2) is 4.98 Å². The molecule has 2 atom stereocenters. The van der Waals surface area contributed by atoms with Crippen LogP contribution in [0.4, 0.5) is 0 Å². The van der Waals surface area contributed by atoms with E-state index in [-0.39, 0.29) is 11.9 Å². The quantitative estimate of drug-likeness (QED) is 0.926. The van der Waals surface area contributed by atoms with Crippen molar-refractivity contribution in [3.63, 3.8) is 0 Å². The Hall–Kier alpha value is -1.92. The summed E-state index contributed by atoms with van der Waals surface area (Å²) in [5.74, 6) is 1.31. The van der Waals surface area contributed by atoms with E-state index in [1.54, 1.807) is 6.20 Å². The van der Waals surface area contributed by atoms with Crippen LogP contribution in [0.5, 0.6) is 10.9 Å². The number of ether oxygens (including phenoxy) is 1. The van der Waals surface area contributed by atoms with Crippen LogP contribution in [0, 0.1) is 5.92 Å². The zero-order chi connectivity index (χ0) is 16.5. The number of thiazole rings is 1. The van der Waals surface area contributed by atoms with Gasteiger partial charge in [0.2, 0.25) is 0 Å². The maximum absolute atomic E-state index is 12.6. The molecule has 0 saturated carbocycles. The van der Waals surface area contributed by atoms with Crippen LogP contribution in [0.1, 0.15) is 30.1 Å². The lowest BCUT2D eigenvalue weighted by atomic mass is 9.79. The number of nitrogens with zero attached hydrogens (tertiary/aromatic N) is 2. The molecule has 4 heterocycles. The molecule has 5 nitrogen and oxygen atoms in total. The highest BCUT2D eigenvalue weighted by molar-refractivity contribution is 7.11. The molecule has 1 aromatic carbocycles. The maximum Gasteiger partial charge on any atom is 0.278 e. The Morgan fingerprint density at radius 3 is 2.67 bits per heavy atom. The van der Waals surface area contributed by atoms with E-state index in [1.807, 2.05) is 29.6 Å². The molecule has 2 aromatic rings. The third-order valence-electron chi connectivity index (χ3n) is 5.21. The van der Waals surface area contributed by atoms with Crippen molar-refractivity contribution < 1.29 is 9.53 Å². The Labute approximate surface area is 145 Å². The first-order chi connectivity index (χ1) is 11.7. The molecule has 1 N–H and O–H groups in total. The summed E-state index contributed by atoms with van der Waals surface area (Å²) in [5.41, 5.74) is 0.671. The van der Waals surface area contributed by atoms with Crippen LogP contribution < -0.4 is 10.1 Å². The number of fused-ring (bicyclic) bond motifs is 3. The van der Waals surface area contributed by atoms with Gasteiger partial charge in [0.1, 0.15) is 5.75 Å². The number of aromatic nitrogens is 1. The van der Waals surface area contributed by atoms with Crippen molar-refractivity contribution in [3.8, 4) is 10.9 Å². The smallest absolute Gasteiger partial charge is 0.278 e. The van der Waals surface area contributed by atoms with Gasteiger partial charge in [-0.3, -0.25) is 9.69 Å². The minimum atomic E-state index is 0.00130. The van der Waals surface area contributed by atoms with Crippen LogP contribution in [-0.4, -0.2) is 41.0 Å². The number of hydrogen-bond donors (Lipinski definition) is 1. The molecule has 6 heteroatoms. The first-order valence-corrected chi connectivity index (χ1v) is 9.31. The van der Waals surface area contributed by atoms with Crippen molar-refractivity contribution in [2.24, 2.45) is 5.92 Å². The van der Waals surface area contributed by atoms with Gasteiger partial charge in [-0.1, -0.05) is 11.3 Å². The molecule has 5 rings (SSSR count). The van der Waals surface area contributed by atoms with Crippen molar-refractivity contribution in [3.05, 3.63) is 41.4 Å². The fourth-order valence-electron chi connectivity index (χ4n) is 3.82. The molecule has 1 aromatic heterocycles. The van der Waals surface area contributed by atoms with Crippen molar-refractivity contribution in [1.29, 1.82) is 0 Å². The Balaban J connectivity index is 1.41. The lowest BCUT2D eigenvalue weighted by Crippen LogP contribution is -2.62. The van der Waals surface area contributed by atoms with Crippen molar-refractivity contribution >= 4 is 17.2 Å². The van der Waals surface area contributed by atoms with Gasteiger partial charge in [0.25, 0.3) is 11.1 Å². The van der Waals surface area contributed by atoms with E-state index < -0.39 is 0 Å². The third kappa shape index (κ3) is 3.03. The second-order valence-electron chi connectivity index (χ2n) is 6.54. The predicted molar refractivity (Wildman–Crippen MR) is 93.6 cm³/mol. The van der Waals surface area contributed by atoms with Crippen LogP contribution in [0.25, 0.3) is 0 Å². The molecule has 24 heavy (non-hydrogen) atoms. The van der Waals surface area contributed by atoms with E-state index >= 15 is 0 Å². The summed E-state index contributed by atoms with van der Waals surface area (Å²) >= 11 is 1.44. The Morgan fingerprint density at radius 1 is 1.29 bits per heavy atom. The molecule has 1 amide bonds. The molecule has 0 unspecified atom stereocenters. The van der Waals surface area contributed by atoms with Crippen molar-refractivity contribution in [1.82, 2.24) is 15.2 Å².